The number of quaternary nitrogens is 1. The van der Waals surface area contributed by atoms with Crippen LogP contribution in [-0.4, -0.2) is 31.9 Å². The van der Waals surface area contributed by atoms with Gasteiger partial charge in [-0.1, -0.05) is 51.0 Å². The highest BCUT2D eigenvalue weighted by Crippen LogP contribution is 2.18. The molecule has 1 aliphatic heterocycles. The van der Waals surface area contributed by atoms with Crippen LogP contribution in [0.15, 0.2) is 54.3 Å². The third-order valence-corrected chi connectivity index (χ3v) is 5.51. The molecule has 160 valence electrons. The predicted octanol–water partition coefficient (Wildman–Crippen LogP) is 3.32. The molecule has 0 spiro atoms. The summed E-state index contributed by atoms with van der Waals surface area (Å²) in [5.41, 5.74) is 3.76. The standard InChI is InChI=1S/C23H34N2O3S/c1-3-5-15-25(16-6-4-2)23-11-9-21(10-12-23)7-8-22-13-17-24(18-14-22)19-20-29-28-27-26/h7-14,17,26H,3-6,15-16,18-20H2,1-2H3/b8-7+. The van der Waals surface area contributed by atoms with Crippen molar-refractivity contribution in [2.24, 2.45) is 0 Å². The van der Waals surface area contributed by atoms with E-state index in [0.717, 1.165) is 38.2 Å². The minimum atomic E-state index is 0.709. The van der Waals surface area contributed by atoms with E-state index in [4.69, 9.17) is 0 Å². The highest BCUT2D eigenvalue weighted by molar-refractivity contribution is 7.94. The molecule has 1 atom stereocenters. The van der Waals surface area contributed by atoms with Crippen molar-refractivity contribution < 1.29 is 19.5 Å². The summed E-state index contributed by atoms with van der Waals surface area (Å²) in [4.78, 5) is 3.84. The van der Waals surface area contributed by atoms with Crippen LogP contribution in [0.3, 0.4) is 0 Å². The van der Waals surface area contributed by atoms with E-state index in [1.54, 1.807) is 0 Å². The number of anilines is 1. The first kappa shape index (κ1) is 23.7. The molecule has 1 aromatic rings. The summed E-state index contributed by atoms with van der Waals surface area (Å²) in [5.74, 6) is 0.709. The first-order valence-corrected chi connectivity index (χ1v) is 11.5. The molecule has 0 aliphatic carbocycles. The number of allylic oxidation sites excluding steroid dienone is 3. The van der Waals surface area contributed by atoms with E-state index >= 15 is 0 Å². The normalized spacial score (nSPS) is 16.4. The van der Waals surface area contributed by atoms with Crippen LogP contribution < -0.4 is 15.1 Å². The lowest BCUT2D eigenvalue weighted by Gasteiger charge is -2.24. The first-order valence-electron chi connectivity index (χ1n) is 10.6. The number of hydrogen-bond acceptors (Lipinski definition) is 5. The SMILES string of the molecule is CCCCN(CCCC)c1ccc(/C=C/C2=CC[NH+](CCSOO[O-])C=C2)cc1. The number of nitrogens with one attached hydrogen (secondary N) is 1. The molecule has 0 radical (unpaired) electrons. The quantitative estimate of drug-likeness (QED) is 0.217. The van der Waals surface area contributed by atoms with E-state index < -0.39 is 0 Å². The third kappa shape index (κ3) is 9.19. The summed E-state index contributed by atoms with van der Waals surface area (Å²) in [6, 6.07) is 8.90. The molecule has 1 heterocycles. The minimum absolute atomic E-state index is 0.709. The molecule has 1 aromatic carbocycles. The van der Waals surface area contributed by atoms with Crippen LogP contribution >= 0.6 is 12.0 Å². The Labute approximate surface area is 179 Å². The van der Waals surface area contributed by atoms with Gasteiger partial charge in [0.1, 0.15) is 6.54 Å². The van der Waals surface area contributed by atoms with Gasteiger partial charge in [0, 0.05) is 30.8 Å². The molecule has 1 aliphatic rings. The highest BCUT2D eigenvalue weighted by atomic mass is 32.2. The Morgan fingerprint density at radius 3 is 2.41 bits per heavy atom. The summed E-state index contributed by atoms with van der Waals surface area (Å²) < 4.78 is 4.29. The fourth-order valence-corrected chi connectivity index (χ4v) is 3.64. The van der Waals surface area contributed by atoms with E-state index in [0.29, 0.717) is 5.75 Å². The fraction of sp³-hybridized carbons (Fsp3) is 0.478. The smallest absolute Gasteiger partial charge is 0.101 e. The van der Waals surface area contributed by atoms with Gasteiger partial charge in [0.2, 0.25) is 0 Å². The Morgan fingerprint density at radius 1 is 1.10 bits per heavy atom. The van der Waals surface area contributed by atoms with Gasteiger partial charge >= 0.3 is 0 Å². The number of benzene rings is 1. The van der Waals surface area contributed by atoms with Crippen molar-refractivity contribution >= 4 is 23.8 Å². The Bertz CT molecular complexity index is 651. The average Bonchev–Trinajstić information content (AvgIpc) is 2.77. The van der Waals surface area contributed by atoms with Crippen molar-refractivity contribution in [2.75, 3.05) is 36.8 Å². The molecule has 5 nitrogen and oxygen atoms in total. The zero-order valence-corrected chi connectivity index (χ0v) is 18.5. The maximum absolute atomic E-state index is 9.77. The van der Waals surface area contributed by atoms with Crippen molar-refractivity contribution in [3.63, 3.8) is 0 Å². The molecule has 0 fully saturated rings. The van der Waals surface area contributed by atoms with Gasteiger partial charge in [-0.05, 0) is 48.3 Å². The second-order valence-corrected chi connectivity index (χ2v) is 8.01. The van der Waals surface area contributed by atoms with E-state index in [1.165, 1.54) is 47.4 Å². The Morgan fingerprint density at radius 2 is 1.83 bits per heavy atom. The Balaban J connectivity index is 1.85. The molecule has 0 amide bonds. The Hall–Kier alpha value is -1.57. The number of nitrogens with zero attached hydrogens (tertiary/aromatic N) is 1. The zero-order valence-electron chi connectivity index (χ0n) is 17.6. The van der Waals surface area contributed by atoms with Crippen LogP contribution in [0.2, 0.25) is 0 Å². The lowest BCUT2D eigenvalue weighted by Crippen LogP contribution is -3.08. The number of hydrogen-bond donors (Lipinski definition) is 1. The van der Waals surface area contributed by atoms with Crippen molar-refractivity contribution in [3.05, 3.63) is 59.8 Å². The molecule has 0 saturated heterocycles. The van der Waals surface area contributed by atoms with E-state index in [2.05, 4.69) is 82.9 Å². The molecule has 2 rings (SSSR count). The van der Waals surface area contributed by atoms with Gasteiger partial charge in [-0.3, -0.25) is 5.04 Å². The molecular formula is C23H34N2O3S. The highest BCUT2D eigenvalue weighted by Gasteiger charge is 2.08. The van der Waals surface area contributed by atoms with Gasteiger partial charge in [0.25, 0.3) is 0 Å². The molecule has 1 unspecified atom stereocenters. The number of unbranched alkanes of at least 4 members (excludes halogenated alkanes) is 2. The summed E-state index contributed by atoms with van der Waals surface area (Å²) in [5, 5.41) is 13.1. The maximum atomic E-state index is 9.77. The average molecular weight is 419 g/mol. The molecule has 1 N–H and O–H groups in total. The van der Waals surface area contributed by atoms with Crippen LogP contribution in [0.1, 0.15) is 45.1 Å². The van der Waals surface area contributed by atoms with Crippen molar-refractivity contribution in [1.82, 2.24) is 0 Å². The van der Waals surface area contributed by atoms with Crippen LogP contribution in [0, 0.1) is 0 Å². The van der Waals surface area contributed by atoms with Crippen LogP contribution in [0.5, 0.6) is 0 Å². The first-order chi connectivity index (χ1) is 14.3. The van der Waals surface area contributed by atoms with Gasteiger partial charge in [0.15, 0.2) is 0 Å². The van der Waals surface area contributed by atoms with Crippen molar-refractivity contribution in [1.29, 1.82) is 0 Å². The summed E-state index contributed by atoms with van der Waals surface area (Å²) in [6.07, 6.45) is 15.8. The molecule has 29 heavy (non-hydrogen) atoms. The number of rotatable bonds is 14. The second-order valence-electron chi connectivity index (χ2n) is 7.23. The summed E-state index contributed by atoms with van der Waals surface area (Å²) >= 11 is 1.04. The van der Waals surface area contributed by atoms with Gasteiger partial charge < -0.3 is 15.1 Å². The zero-order chi connectivity index (χ0) is 20.7. The lowest BCUT2D eigenvalue weighted by atomic mass is 10.1. The van der Waals surface area contributed by atoms with Crippen LogP contribution in [0.4, 0.5) is 5.69 Å². The molecule has 0 saturated carbocycles. The minimum Gasteiger partial charge on any atom is -0.691 e. The fourth-order valence-electron chi connectivity index (χ4n) is 3.19. The van der Waals surface area contributed by atoms with Gasteiger partial charge in [-0.2, -0.15) is 4.33 Å². The molecule has 6 heteroatoms. The second kappa shape index (κ2) is 14.4. The maximum Gasteiger partial charge on any atom is 0.101 e. The van der Waals surface area contributed by atoms with Gasteiger partial charge in [0.05, 0.1) is 18.5 Å². The van der Waals surface area contributed by atoms with Gasteiger partial charge in [-0.15, -0.1) is 0 Å². The van der Waals surface area contributed by atoms with E-state index in [-0.39, 0.29) is 0 Å². The largest absolute Gasteiger partial charge is 0.691 e. The van der Waals surface area contributed by atoms with Crippen LogP contribution in [-0.2, 0) is 9.37 Å². The van der Waals surface area contributed by atoms with E-state index in [1.807, 2.05) is 0 Å². The summed E-state index contributed by atoms with van der Waals surface area (Å²) in [6.45, 7) is 8.58. The van der Waals surface area contributed by atoms with Crippen LogP contribution in [0.25, 0.3) is 6.08 Å². The predicted molar refractivity (Wildman–Crippen MR) is 120 cm³/mol. The molecular weight excluding hydrogens is 384 g/mol. The summed E-state index contributed by atoms with van der Waals surface area (Å²) in [7, 11) is 0. The Kier molecular flexibility index (Phi) is 11.8. The van der Waals surface area contributed by atoms with Crippen molar-refractivity contribution in [2.45, 2.75) is 39.5 Å². The monoisotopic (exact) mass is 418 g/mol. The van der Waals surface area contributed by atoms with Gasteiger partial charge in [-0.25, -0.2) is 0 Å². The molecule has 0 aromatic heterocycles. The topological polar surface area (TPSA) is 49.2 Å². The molecule has 0 bridgehead atoms. The third-order valence-electron chi connectivity index (χ3n) is 4.98. The lowest BCUT2D eigenvalue weighted by molar-refractivity contribution is -0.838. The van der Waals surface area contributed by atoms with Crippen molar-refractivity contribution in [3.8, 4) is 0 Å². The van der Waals surface area contributed by atoms with E-state index in [9.17, 15) is 5.26 Å².